The van der Waals surface area contributed by atoms with Gasteiger partial charge in [-0.2, -0.15) is 0 Å². The molecule has 0 aromatic heterocycles. The Morgan fingerprint density at radius 1 is 1.47 bits per heavy atom. The highest BCUT2D eigenvalue weighted by atomic mass is 19.1. The van der Waals surface area contributed by atoms with Crippen LogP contribution in [0.25, 0.3) is 0 Å². The lowest BCUT2D eigenvalue weighted by molar-refractivity contribution is 0.00534. The Labute approximate surface area is 114 Å². The van der Waals surface area contributed by atoms with Crippen molar-refractivity contribution in [3.05, 3.63) is 29.6 Å². The highest BCUT2D eigenvalue weighted by Crippen LogP contribution is 2.20. The van der Waals surface area contributed by atoms with E-state index in [-0.39, 0.29) is 17.5 Å². The molecular weight excluding hydrogens is 245 g/mol. The fraction of sp³-hybridized carbons (Fsp3) is 0.600. The maximum Gasteiger partial charge on any atom is 0.165 e. The van der Waals surface area contributed by atoms with Crippen LogP contribution in [0.1, 0.15) is 32.8 Å². The van der Waals surface area contributed by atoms with E-state index < -0.39 is 5.60 Å². The fourth-order valence-corrected chi connectivity index (χ4v) is 1.89. The van der Waals surface area contributed by atoms with E-state index in [1.54, 1.807) is 6.07 Å². The molecule has 19 heavy (non-hydrogen) atoms. The minimum Gasteiger partial charge on any atom is -0.494 e. The number of rotatable bonds is 7. The third-order valence-electron chi connectivity index (χ3n) is 3.70. The zero-order chi connectivity index (χ0) is 14.5. The number of benzene rings is 1. The first-order valence-corrected chi connectivity index (χ1v) is 6.66. The molecule has 0 aliphatic rings. The van der Waals surface area contributed by atoms with Crippen molar-refractivity contribution in [2.75, 3.05) is 13.7 Å². The smallest absolute Gasteiger partial charge is 0.165 e. The number of hydrogen-bond acceptors (Lipinski definition) is 3. The second kappa shape index (κ2) is 6.87. The van der Waals surface area contributed by atoms with Crippen molar-refractivity contribution in [1.29, 1.82) is 0 Å². The van der Waals surface area contributed by atoms with Crippen LogP contribution in [0.5, 0.6) is 5.75 Å². The van der Waals surface area contributed by atoms with Gasteiger partial charge in [0.15, 0.2) is 11.6 Å². The van der Waals surface area contributed by atoms with Crippen LogP contribution in [-0.4, -0.2) is 24.4 Å². The van der Waals surface area contributed by atoms with E-state index in [4.69, 9.17) is 4.74 Å². The van der Waals surface area contributed by atoms with E-state index in [1.165, 1.54) is 13.2 Å². The molecule has 3 nitrogen and oxygen atoms in total. The van der Waals surface area contributed by atoms with Crippen LogP contribution in [-0.2, 0) is 6.54 Å². The van der Waals surface area contributed by atoms with E-state index in [0.717, 1.165) is 12.0 Å². The van der Waals surface area contributed by atoms with Gasteiger partial charge in [0.25, 0.3) is 0 Å². The molecule has 2 N–H and O–H groups in total. The number of aliphatic hydroxyl groups is 1. The van der Waals surface area contributed by atoms with Crippen molar-refractivity contribution in [1.82, 2.24) is 5.32 Å². The molecular formula is C15H24FNO2. The molecule has 0 radical (unpaired) electrons. The minimum atomic E-state index is -0.750. The number of halogens is 1. The molecule has 1 rings (SSSR count). The van der Waals surface area contributed by atoms with Gasteiger partial charge in [0, 0.05) is 13.1 Å². The summed E-state index contributed by atoms with van der Waals surface area (Å²) < 4.78 is 18.4. The van der Waals surface area contributed by atoms with Gasteiger partial charge in [-0.15, -0.1) is 0 Å². The van der Waals surface area contributed by atoms with Gasteiger partial charge in [-0.3, -0.25) is 0 Å². The highest BCUT2D eigenvalue weighted by Gasteiger charge is 2.26. The SMILES string of the molecule is CCC(C)C(C)(O)CNCc1ccc(OC)c(F)c1. The maximum atomic E-state index is 13.5. The Morgan fingerprint density at radius 3 is 2.68 bits per heavy atom. The summed E-state index contributed by atoms with van der Waals surface area (Å²) in [5, 5.41) is 13.4. The molecule has 0 fully saturated rings. The Bertz CT molecular complexity index is 407. The third kappa shape index (κ3) is 4.48. The topological polar surface area (TPSA) is 41.5 Å². The van der Waals surface area contributed by atoms with Crippen LogP contribution in [0, 0.1) is 11.7 Å². The molecule has 1 aromatic carbocycles. The summed E-state index contributed by atoms with van der Waals surface area (Å²) in [5.41, 5.74) is 0.0815. The van der Waals surface area contributed by atoms with Gasteiger partial charge < -0.3 is 15.2 Å². The maximum absolute atomic E-state index is 13.5. The van der Waals surface area contributed by atoms with Crippen molar-refractivity contribution in [3.8, 4) is 5.75 Å². The van der Waals surface area contributed by atoms with Gasteiger partial charge in [-0.25, -0.2) is 4.39 Å². The predicted molar refractivity (Wildman–Crippen MR) is 74.7 cm³/mol. The number of methoxy groups -OCH3 is 1. The summed E-state index contributed by atoms with van der Waals surface area (Å²) >= 11 is 0. The molecule has 0 bridgehead atoms. The third-order valence-corrected chi connectivity index (χ3v) is 3.70. The Morgan fingerprint density at radius 2 is 2.16 bits per heavy atom. The van der Waals surface area contributed by atoms with Gasteiger partial charge in [0.1, 0.15) is 0 Å². The molecule has 0 amide bonds. The van der Waals surface area contributed by atoms with Gasteiger partial charge in [-0.05, 0) is 30.5 Å². The zero-order valence-electron chi connectivity index (χ0n) is 12.2. The van der Waals surface area contributed by atoms with E-state index in [2.05, 4.69) is 12.2 Å². The summed E-state index contributed by atoms with van der Waals surface area (Å²) in [5.74, 6) is 0.0958. The van der Waals surface area contributed by atoms with Gasteiger partial charge in [0.2, 0.25) is 0 Å². The first kappa shape index (κ1) is 15.9. The number of hydrogen-bond donors (Lipinski definition) is 2. The van der Waals surface area contributed by atoms with Crippen molar-refractivity contribution in [3.63, 3.8) is 0 Å². The molecule has 108 valence electrons. The lowest BCUT2D eigenvalue weighted by Gasteiger charge is -2.30. The first-order valence-electron chi connectivity index (χ1n) is 6.66. The Hall–Kier alpha value is -1.13. The van der Waals surface area contributed by atoms with Crippen LogP contribution >= 0.6 is 0 Å². The van der Waals surface area contributed by atoms with Crippen molar-refractivity contribution in [2.24, 2.45) is 5.92 Å². The summed E-state index contributed by atoms with van der Waals surface area (Å²) in [6.07, 6.45) is 0.922. The molecule has 1 aromatic rings. The van der Waals surface area contributed by atoms with E-state index in [1.807, 2.05) is 19.9 Å². The van der Waals surface area contributed by atoms with Crippen molar-refractivity contribution >= 4 is 0 Å². The van der Waals surface area contributed by atoms with Crippen molar-refractivity contribution < 1.29 is 14.2 Å². The summed E-state index contributed by atoms with van der Waals surface area (Å²) in [4.78, 5) is 0. The summed E-state index contributed by atoms with van der Waals surface area (Å²) in [7, 11) is 1.44. The Kier molecular flexibility index (Phi) is 5.76. The number of nitrogens with one attached hydrogen (secondary N) is 1. The van der Waals surface area contributed by atoms with Gasteiger partial charge in [-0.1, -0.05) is 26.3 Å². The largest absolute Gasteiger partial charge is 0.494 e. The molecule has 4 heteroatoms. The van der Waals surface area contributed by atoms with Crippen LogP contribution < -0.4 is 10.1 Å². The molecule has 0 aliphatic heterocycles. The average molecular weight is 269 g/mol. The zero-order valence-corrected chi connectivity index (χ0v) is 12.2. The van der Waals surface area contributed by atoms with Crippen molar-refractivity contribution in [2.45, 2.75) is 39.3 Å². The standard InChI is InChI=1S/C15H24FNO2/c1-5-11(2)15(3,18)10-17-9-12-6-7-14(19-4)13(16)8-12/h6-8,11,17-18H,5,9-10H2,1-4H3. The molecule has 2 unspecified atom stereocenters. The number of ether oxygens (including phenoxy) is 1. The van der Waals surface area contributed by atoms with Crippen LogP contribution in [0.15, 0.2) is 18.2 Å². The summed E-state index contributed by atoms with van der Waals surface area (Å²) in [6.45, 7) is 6.90. The highest BCUT2D eigenvalue weighted by molar-refractivity contribution is 5.29. The fourth-order valence-electron chi connectivity index (χ4n) is 1.89. The lowest BCUT2D eigenvalue weighted by atomic mass is 9.88. The van der Waals surface area contributed by atoms with E-state index in [9.17, 15) is 9.50 Å². The molecule has 2 atom stereocenters. The molecule has 0 saturated heterocycles. The van der Waals surface area contributed by atoms with Gasteiger partial charge >= 0.3 is 0 Å². The lowest BCUT2D eigenvalue weighted by Crippen LogP contribution is -2.42. The second-order valence-corrected chi connectivity index (χ2v) is 5.24. The molecule has 0 spiro atoms. The van der Waals surface area contributed by atoms with Crippen LogP contribution in [0.3, 0.4) is 0 Å². The summed E-state index contributed by atoms with van der Waals surface area (Å²) in [6, 6.07) is 4.87. The molecule has 0 heterocycles. The average Bonchev–Trinajstić information content (AvgIpc) is 2.37. The van der Waals surface area contributed by atoms with Crippen LogP contribution in [0.2, 0.25) is 0 Å². The quantitative estimate of drug-likeness (QED) is 0.799. The van der Waals surface area contributed by atoms with Gasteiger partial charge in [0.05, 0.1) is 12.7 Å². The first-order chi connectivity index (χ1) is 8.90. The molecule has 0 saturated carbocycles. The molecule has 0 aliphatic carbocycles. The second-order valence-electron chi connectivity index (χ2n) is 5.24. The Balaban J connectivity index is 2.52. The van der Waals surface area contributed by atoms with E-state index in [0.29, 0.717) is 13.1 Å². The minimum absolute atomic E-state index is 0.215. The predicted octanol–water partition coefficient (Wildman–Crippen LogP) is 2.72. The van der Waals surface area contributed by atoms with Crippen LogP contribution in [0.4, 0.5) is 4.39 Å². The van der Waals surface area contributed by atoms with E-state index >= 15 is 0 Å². The monoisotopic (exact) mass is 269 g/mol. The normalized spacial score (nSPS) is 15.9.